The van der Waals surface area contributed by atoms with E-state index in [9.17, 15) is 19.8 Å². The molecule has 0 unspecified atom stereocenters. The summed E-state index contributed by atoms with van der Waals surface area (Å²) in [7, 11) is 0. The first-order valence-corrected chi connectivity index (χ1v) is 8.71. The number of carbonyl (C=O) groups is 2. The van der Waals surface area contributed by atoms with Crippen molar-refractivity contribution in [1.82, 2.24) is 10.6 Å². The number of hydrogen-bond acceptors (Lipinski definition) is 5. The summed E-state index contributed by atoms with van der Waals surface area (Å²) in [5, 5.41) is 24.0. The number of nitrogens with one attached hydrogen (secondary N) is 2. The van der Waals surface area contributed by atoms with Gasteiger partial charge in [-0.05, 0) is 37.6 Å². The highest BCUT2D eigenvalue weighted by Crippen LogP contribution is 2.20. The number of ether oxygens (including phenoxy) is 1. The predicted octanol–water partition coefficient (Wildman–Crippen LogP) is 2.11. The van der Waals surface area contributed by atoms with Crippen LogP contribution in [-0.2, 0) is 4.79 Å². The van der Waals surface area contributed by atoms with Crippen molar-refractivity contribution in [2.75, 3.05) is 19.7 Å². The smallest absolute Gasteiger partial charge is 0.251 e. The normalized spacial score (nSPS) is 10.3. The zero-order valence-corrected chi connectivity index (χ0v) is 15.2. The van der Waals surface area contributed by atoms with Gasteiger partial charge in [-0.1, -0.05) is 17.7 Å². The summed E-state index contributed by atoms with van der Waals surface area (Å²) in [5.41, 5.74) is 1.31. The molecule has 144 valence electrons. The predicted molar refractivity (Wildman–Crippen MR) is 101 cm³/mol. The molecule has 2 rings (SSSR count). The molecule has 0 spiro atoms. The molecule has 0 aromatic heterocycles. The molecule has 2 amide bonds. The summed E-state index contributed by atoms with van der Waals surface area (Å²) in [5.74, 6) is -0.168. The van der Waals surface area contributed by atoms with Crippen LogP contribution in [0, 0.1) is 6.92 Å². The van der Waals surface area contributed by atoms with E-state index < -0.39 is 5.91 Å². The summed E-state index contributed by atoms with van der Waals surface area (Å²) in [6.45, 7) is 2.98. The minimum atomic E-state index is -0.443. The first kappa shape index (κ1) is 20.1. The highest BCUT2D eigenvalue weighted by atomic mass is 16.5. The Morgan fingerprint density at radius 1 is 0.963 bits per heavy atom. The van der Waals surface area contributed by atoms with Gasteiger partial charge in [0.15, 0.2) is 0 Å². The molecule has 27 heavy (non-hydrogen) atoms. The fourth-order valence-electron chi connectivity index (χ4n) is 2.35. The zero-order valence-electron chi connectivity index (χ0n) is 15.2. The maximum Gasteiger partial charge on any atom is 0.251 e. The minimum absolute atomic E-state index is 0.119. The Labute approximate surface area is 158 Å². The lowest BCUT2D eigenvalue weighted by Gasteiger charge is -2.09. The average Bonchev–Trinajstić information content (AvgIpc) is 2.63. The third-order valence-corrected chi connectivity index (χ3v) is 3.74. The van der Waals surface area contributed by atoms with Gasteiger partial charge in [0.05, 0.1) is 6.61 Å². The van der Waals surface area contributed by atoms with Gasteiger partial charge in [0.25, 0.3) is 5.91 Å². The average molecular weight is 372 g/mol. The molecule has 0 aliphatic heterocycles. The highest BCUT2D eigenvalue weighted by Gasteiger charge is 2.08. The van der Waals surface area contributed by atoms with Gasteiger partial charge in [-0.25, -0.2) is 0 Å². The van der Waals surface area contributed by atoms with Crippen molar-refractivity contribution in [2.24, 2.45) is 0 Å². The second-order valence-corrected chi connectivity index (χ2v) is 6.11. The Morgan fingerprint density at radius 3 is 2.26 bits per heavy atom. The molecule has 7 nitrogen and oxygen atoms in total. The van der Waals surface area contributed by atoms with Crippen LogP contribution >= 0.6 is 0 Å². The van der Waals surface area contributed by atoms with Crippen molar-refractivity contribution in [2.45, 2.75) is 19.8 Å². The van der Waals surface area contributed by atoms with Crippen molar-refractivity contribution in [3.63, 3.8) is 0 Å². The van der Waals surface area contributed by atoms with Crippen LogP contribution in [0.4, 0.5) is 0 Å². The van der Waals surface area contributed by atoms with E-state index in [0.717, 1.165) is 17.4 Å². The number of aromatic hydroxyl groups is 2. The number of phenols is 2. The number of rotatable bonds is 9. The number of amides is 2. The molecule has 2 aromatic carbocycles. The van der Waals surface area contributed by atoms with E-state index in [4.69, 9.17) is 4.74 Å². The Balaban J connectivity index is 1.57. The van der Waals surface area contributed by atoms with E-state index >= 15 is 0 Å². The van der Waals surface area contributed by atoms with Gasteiger partial charge in [-0.3, -0.25) is 9.59 Å². The van der Waals surface area contributed by atoms with Gasteiger partial charge in [-0.15, -0.1) is 0 Å². The standard InChI is InChI=1S/C20H24N2O5/c1-14-4-6-18(7-5-14)27-10-2-3-19(25)21-8-9-22-20(26)15-11-16(23)13-17(24)12-15/h4-7,11-13,23-24H,2-3,8-10H2,1H3,(H,21,25)(H,22,26). The molecule has 7 heteroatoms. The van der Waals surface area contributed by atoms with Crippen LogP contribution in [0.15, 0.2) is 42.5 Å². The summed E-state index contributed by atoms with van der Waals surface area (Å²) < 4.78 is 5.56. The number of benzene rings is 2. The highest BCUT2D eigenvalue weighted by molar-refractivity contribution is 5.95. The Kier molecular flexibility index (Phi) is 7.49. The second-order valence-electron chi connectivity index (χ2n) is 6.11. The SMILES string of the molecule is Cc1ccc(OCCCC(=O)NCCNC(=O)c2cc(O)cc(O)c2)cc1. The van der Waals surface area contributed by atoms with Gasteiger partial charge in [-0.2, -0.15) is 0 Å². The molecular formula is C20H24N2O5. The van der Waals surface area contributed by atoms with E-state index in [1.54, 1.807) is 0 Å². The number of carbonyl (C=O) groups excluding carboxylic acids is 2. The molecule has 0 radical (unpaired) electrons. The summed E-state index contributed by atoms with van der Waals surface area (Å²) in [6, 6.07) is 11.4. The third-order valence-electron chi connectivity index (χ3n) is 3.74. The summed E-state index contributed by atoms with van der Waals surface area (Å²) in [4.78, 5) is 23.7. The lowest BCUT2D eigenvalue weighted by atomic mass is 10.2. The molecule has 0 bridgehead atoms. The Hall–Kier alpha value is -3.22. The van der Waals surface area contributed by atoms with Gasteiger partial charge < -0.3 is 25.6 Å². The van der Waals surface area contributed by atoms with Crippen molar-refractivity contribution in [3.05, 3.63) is 53.6 Å². The topological polar surface area (TPSA) is 108 Å². The van der Waals surface area contributed by atoms with Crippen molar-refractivity contribution in [3.8, 4) is 17.2 Å². The van der Waals surface area contributed by atoms with Crippen LogP contribution in [0.5, 0.6) is 17.2 Å². The van der Waals surface area contributed by atoms with E-state index in [1.807, 2.05) is 31.2 Å². The molecule has 0 heterocycles. The fourth-order valence-corrected chi connectivity index (χ4v) is 2.35. The third kappa shape index (κ3) is 7.27. The van der Waals surface area contributed by atoms with Gasteiger partial charge >= 0.3 is 0 Å². The molecule has 2 aromatic rings. The summed E-state index contributed by atoms with van der Waals surface area (Å²) >= 11 is 0. The largest absolute Gasteiger partial charge is 0.508 e. The van der Waals surface area contributed by atoms with Crippen LogP contribution in [0.1, 0.15) is 28.8 Å². The quantitative estimate of drug-likeness (QED) is 0.504. The van der Waals surface area contributed by atoms with E-state index in [-0.39, 0.29) is 36.1 Å². The van der Waals surface area contributed by atoms with Crippen LogP contribution in [0.3, 0.4) is 0 Å². The van der Waals surface area contributed by atoms with Crippen molar-refractivity contribution < 1.29 is 24.5 Å². The molecule has 0 fully saturated rings. The van der Waals surface area contributed by atoms with Crippen LogP contribution < -0.4 is 15.4 Å². The van der Waals surface area contributed by atoms with Gasteiger partial charge in [0, 0.05) is 31.1 Å². The van der Waals surface area contributed by atoms with E-state index in [1.165, 1.54) is 12.1 Å². The lowest BCUT2D eigenvalue weighted by molar-refractivity contribution is -0.121. The monoisotopic (exact) mass is 372 g/mol. The van der Waals surface area contributed by atoms with Crippen molar-refractivity contribution in [1.29, 1.82) is 0 Å². The number of hydrogen-bond donors (Lipinski definition) is 4. The summed E-state index contributed by atoms with van der Waals surface area (Å²) in [6.07, 6.45) is 0.925. The molecule has 0 saturated carbocycles. The Bertz CT molecular complexity index is 754. The lowest BCUT2D eigenvalue weighted by Crippen LogP contribution is -2.34. The van der Waals surface area contributed by atoms with E-state index in [0.29, 0.717) is 19.4 Å². The van der Waals surface area contributed by atoms with Gasteiger partial charge in [0.2, 0.25) is 5.91 Å². The second kappa shape index (κ2) is 10.1. The van der Waals surface area contributed by atoms with Crippen molar-refractivity contribution >= 4 is 11.8 Å². The molecule has 0 atom stereocenters. The molecule has 4 N–H and O–H groups in total. The molecule has 0 aliphatic rings. The van der Waals surface area contributed by atoms with Crippen LogP contribution in [0.25, 0.3) is 0 Å². The minimum Gasteiger partial charge on any atom is -0.508 e. The Morgan fingerprint density at radius 2 is 1.59 bits per heavy atom. The van der Waals surface area contributed by atoms with Gasteiger partial charge in [0.1, 0.15) is 17.2 Å². The fraction of sp³-hybridized carbons (Fsp3) is 0.300. The first-order valence-electron chi connectivity index (χ1n) is 8.71. The zero-order chi connectivity index (χ0) is 19.6. The van der Waals surface area contributed by atoms with Crippen LogP contribution in [0.2, 0.25) is 0 Å². The molecule has 0 aliphatic carbocycles. The first-order chi connectivity index (χ1) is 12.9. The molecular weight excluding hydrogens is 348 g/mol. The molecule has 0 saturated heterocycles. The number of aryl methyl sites for hydroxylation is 1. The van der Waals surface area contributed by atoms with Crippen LogP contribution in [-0.4, -0.2) is 41.7 Å². The maximum absolute atomic E-state index is 11.9. The maximum atomic E-state index is 11.9. The van der Waals surface area contributed by atoms with E-state index in [2.05, 4.69) is 10.6 Å². The number of phenolic OH excluding ortho intramolecular Hbond substituents is 2.